The second-order valence-electron chi connectivity index (χ2n) is 2.59. The molecule has 0 radical (unpaired) electrons. The van der Waals surface area contributed by atoms with E-state index >= 15 is 0 Å². The summed E-state index contributed by atoms with van der Waals surface area (Å²) in [5.74, 6) is -2.33. The summed E-state index contributed by atoms with van der Waals surface area (Å²) in [5.41, 5.74) is 4.95. The Bertz CT molecular complexity index is 419. The molecule has 0 amide bonds. The lowest BCUT2D eigenvalue weighted by molar-refractivity contribution is 0.522. The quantitative estimate of drug-likeness (QED) is 0.697. The van der Waals surface area contributed by atoms with Crippen LogP contribution in [0, 0.1) is 11.6 Å². The molecule has 2 N–H and O–H groups in total. The summed E-state index contributed by atoms with van der Waals surface area (Å²) in [7, 11) is -3.89. The summed E-state index contributed by atoms with van der Waals surface area (Å²) in [5, 5.41) is 0. The summed E-state index contributed by atoms with van der Waals surface area (Å²) in [6.45, 7) is 0. The minimum Gasteiger partial charge on any atom is -0.399 e. The Morgan fingerprint density at radius 3 is 1.92 bits per heavy atom. The Morgan fingerprint density at radius 2 is 1.62 bits per heavy atom. The maximum atomic E-state index is 12.9. The van der Waals surface area contributed by atoms with Crippen LogP contribution in [0.1, 0.15) is 0 Å². The number of nitrogens with two attached hydrogens (primary N) is 1. The minimum atomic E-state index is -3.89. The van der Waals surface area contributed by atoms with Crippen LogP contribution in [0.5, 0.6) is 0 Å². The number of hydrogen-bond acceptors (Lipinski definition) is 3. The van der Waals surface area contributed by atoms with Crippen molar-refractivity contribution in [1.29, 1.82) is 0 Å². The predicted molar refractivity (Wildman–Crippen MR) is 43.9 cm³/mol. The zero-order chi connectivity index (χ0) is 10.2. The highest BCUT2D eigenvalue weighted by atomic mass is 32.2. The topological polar surface area (TPSA) is 60.2 Å². The summed E-state index contributed by atoms with van der Waals surface area (Å²) >= 11 is 0. The molecule has 0 fully saturated rings. The van der Waals surface area contributed by atoms with Gasteiger partial charge in [-0.25, -0.2) is 17.2 Å². The standard InChI is InChI=1S/C7H7F2NO2S/c1-13(11,12)7-5(8)2-4(10)3-6(7)9/h2-3H,10H2,1H3. The van der Waals surface area contributed by atoms with Gasteiger partial charge in [-0.05, 0) is 12.1 Å². The molecule has 1 aromatic rings. The largest absolute Gasteiger partial charge is 0.399 e. The van der Waals surface area contributed by atoms with Gasteiger partial charge >= 0.3 is 0 Å². The first kappa shape index (κ1) is 9.91. The van der Waals surface area contributed by atoms with Gasteiger partial charge < -0.3 is 5.73 Å². The lowest BCUT2D eigenvalue weighted by Crippen LogP contribution is -2.05. The van der Waals surface area contributed by atoms with E-state index in [0.29, 0.717) is 0 Å². The first-order valence-corrected chi connectivity index (χ1v) is 5.16. The molecule has 0 unspecified atom stereocenters. The van der Waals surface area contributed by atoms with Crippen LogP contribution in [0.15, 0.2) is 17.0 Å². The lowest BCUT2D eigenvalue weighted by atomic mass is 10.3. The van der Waals surface area contributed by atoms with Crippen molar-refractivity contribution in [3.05, 3.63) is 23.8 Å². The summed E-state index contributed by atoms with van der Waals surface area (Å²) in [6.07, 6.45) is 0.727. The third-order valence-corrected chi connectivity index (χ3v) is 2.52. The van der Waals surface area contributed by atoms with Crippen LogP contribution in [0.3, 0.4) is 0 Å². The third kappa shape index (κ3) is 1.95. The molecule has 0 aromatic heterocycles. The molecule has 0 saturated heterocycles. The molecule has 3 nitrogen and oxygen atoms in total. The molecular formula is C7H7F2NO2S. The van der Waals surface area contributed by atoms with E-state index in [0.717, 1.165) is 18.4 Å². The molecule has 13 heavy (non-hydrogen) atoms. The molecule has 72 valence electrons. The van der Waals surface area contributed by atoms with Gasteiger partial charge in [-0.3, -0.25) is 0 Å². The smallest absolute Gasteiger partial charge is 0.181 e. The fraction of sp³-hybridized carbons (Fsp3) is 0.143. The summed E-state index contributed by atoms with van der Waals surface area (Å²) in [4.78, 5) is -0.943. The van der Waals surface area contributed by atoms with Crippen molar-refractivity contribution in [3.63, 3.8) is 0 Å². The molecule has 1 rings (SSSR count). The number of anilines is 1. The molecule has 0 aliphatic rings. The fourth-order valence-electron chi connectivity index (χ4n) is 0.934. The van der Waals surface area contributed by atoms with Crippen molar-refractivity contribution in [2.24, 2.45) is 0 Å². The second-order valence-corrected chi connectivity index (χ2v) is 4.54. The molecule has 0 bridgehead atoms. The molecule has 0 spiro atoms. The Morgan fingerprint density at radius 1 is 1.23 bits per heavy atom. The van der Waals surface area contributed by atoms with Gasteiger partial charge in [-0.15, -0.1) is 0 Å². The number of benzene rings is 1. The van der Waals surface area contributed by atoms with E-state index in [9.17, 15) is 17.2 Å². The van der Waals surface area contributed by atoms with Gasteiger partial charge in [0.1, 0.15) is 16.5 Å². The summed E-state index contributed by atoms with van der Waals surface area (Å²) < 4.78 is 47.5. The van der Waals surface area contributed by atoms with Gasteiger partial charge in [0.15, 0.2) is 9.84 Å². The van der Waals surface area contributed by atoms with Crippen LogP contribution < -0.4 is 5.73 Å². The van der Waals surface area contributed by atoms with Gasteiger partial charge in [0.2, 0.25) is 0 Å². The Hall–Kier alpha value is -1.17. The molecule has 0 aliphatic carbocycles. The number of halogens is 2. The molecule has 0 atom stereocenters. The van der Waals surface area contributed by atoms with Gasteiger partial charge in [-0.1, -0.05) is 0 Å². The fourth-order valence-corrected chi connectivity index (χ4v) is 1.76. The van der Waals surface area contributed by atoms with Crippen LogP contribution in [0.4, 0.5) is 14.5 Å². The van der Waals surface area contributed by atoms with Crippen LogP contribution in [0.25, 0.3) is 0 Å². The highest BCUT2D eigenvalue weighted by Crippen LogP contribution is 2.21. The van der Waals surface area contributed by atoms with Gasteiger partial charge in [0, 0.05) is 11.9 Å². The van der Waals surface area contributed by atoms with Crippen molar-refractivity contribution < 1.29 is 17.2 Å². The van der Waals surface area contributed by atoms with Crippen LogP contribution in [-0.4, -0.2) is 14.7 Å². The first-order chi connectivity index (χ1) is 5.82. The highest BCUT2D eigenvalue weighted by Gasteiger charge is 2.19. The first-order valence-electron chi connectivity index (χ1n) is 3.27. The van der Waals surface area contributed by atoms with Crippen LogP contribution >= 0.6 is 0 Å². The van der Waals surface area contributed by atoms with Gasteiger partial charge in [-0.2, -0.15) is 0 Å². The third-order valence-electron chi connectivity index (χ3n) is 1.39. The number of hydrogen-bond donors (Lipinski definition) is 1. The van der Waals surface area contributed by atoms with Crippen LogP contribution in [0.2, 0.25) is 0 Å². The minimum absolute atomic E-state index is 0.151. The molecule has 0 saturated carbocycles. The monoisotopic (exact) mass is 207 g/mol. The molecule has 0 heterocycles. The lowest BCUT2D eigenvalue weighted by Gasteiger charge is -2.02. The second kappa shape index (κ2) is 2.95. The van der Waals surface area contributed by atoms with E-state index in [1.165, 1.54) is 0 Å². The number of rotatable bonds is 1. The van der Waals surface area contributed by atoms with Crippen LogP contribution in [-0.2, 0) is 9.84 Å². The van der Waals surface area contributed by atoms with Crippen molar-refractivity contribution in [3.8, 4) is 0 Å². The van der Waals surface area contributed by atoms with Crippen molar-refractivity contribution >= 4 is 15.5 Å². The van der Waals surface area contributed by atoms with E-state index in [2.05, 4.69) is 0 Å². The highest BCUT2D eigenvalue weighted by molar-refractivity contribution is 7.90. The number of sulfone groups is 1. The number of nitrogen functional groups attached to an aromatic ring is 1. The zero-order valence-corrected chi connectivity index (χ0v) is 7.53. The van der Waals surface area contributed by atoms with E-state index in [1.807, 2.05) is 0 Å². The average molecular weight is 207 g/mol. The molecule has 0 aliphatic heterocycles. The molecule has 1 aromatic carbocycles. The summed E-state index contributed by atoms with van der Waals surface area (Å²) in [6, 6.07) is 1.53. The van der Waals surface area contributed by atoms with E-state index in [-0.39, 0.29) is 5.69 Å². The van der Waals surface area contributed by atoms with Gasteiger partial charge in [0.05, 0.1) is 0 Å². The predicted octanol–water partition coefficient (Wildman–Crippen LogP) is 0.951. The average Bonchev–Trinajstić information content (AvgIpc) is 1.78. The normalized spacial score (nSPS) is 11.6. The molecule has 6 heteroatoms. The maximum Gasteiger partial charge on any atom is 0.181 e. The van der Waals surface area contributed by atoms with Crippen molar-refractivity contribution in [2.45, 2.75) is 4.90 Å². The van der Waals surface area contributed by atoms with Crippen molar-refractivity contribution in [2.75, 3.05) is 12.0 Å². The van der Waals surface area contributed by atoms with Gasteiger partial charge in [0.25, 0.3) is 0 Å². The zero-order valence-electron chi connectivity index (χ0n) is 6.71. The van der Waals surface area contributed by atoms with Crippen molar-refractivity contribution in [1.82, 2.24) is 0 Å². The SMILES string of the molecule is CS(=O)(=O)c1c(F)cc(N)cc1F. The maximum absolute atomic E-state index is 12.9. The Labute approximate surface area is 74.1 Å². The Kier molecular flexibility index (Phi) is 2.25. The van der Waals surface area contributed by atoms with E-state index in [4.69, 9.17) is 5.73 Å². The Balaban J connectivity index is 3.57. The van der Waals surface area contributed by atoms with E-state index in [1.54, 1.807) is 0 Å². The molecular weight excluding hydrogens is 200 g/mol. The van der Waals surface area contributed by atoms with E-state index < -0.39 is 26.4 Å².